The summed E-state index contributed by atoms with van der Waals surface area (Å²) < 4.78 is 48.2. The number of carbonyl (C=O) groups excluding carboxylic acids is 1. The number of alkyl halides is 3. The van der Waals surface area contributed by atoms with Gasteiger partial charge in [-0.05, 0) is 25.0 Å². The van der Waals surface area contributed by atoms with Crippen molar-refractivity contribution in [1.29, 1.82) is 0 Å². The Morgan fingerprint density at radius 3 is 2.93 bits per heavy atom. The molecule has 4 rings (SSSR count). The molecule has 27 heavy (non-hydrogen) atoms. The van der Waals surface area contributed by atoms with Gasteiger partial charge in [-0.1, -0.05) is 22.0 Å². The van der Waals surface area contributed by atoms with E-state index in [0.29, 0.717) is 31.0 Å². The second-order valence-electron chi connectivity index (χ2n) is 6.73. The minimum absolute atomic E-state index is 0.206. The maximum absolute atomic E-state index is 13.4. The number of carbonyl (C=O) groups is 1. The summed E-state index contributed by atoms with van der Waals surface area (Å²) in [6, 6.07) is 5.12. The van der Waals surface area contributed by atoms with E-state index in [1.165, 1.54) is 4.57 Å². The predicted octanol–water partition coefficient (Wildman–Crippen LogP) is 3.73. The van der Waals surface area contributed by atoms with Crippen molar-refractivity contribution in [3.05, 3.63) is 45.4 Å². The molecule has 0 aliphatic carbocycles. The normalized spacial score (nSPS) is 19.0. The quantitative estimate of drug-likeness (QED) is 0.768. The van der Waals surface area contributed by atoms with Crippen molar-refractivity contribution in [1.82, 2.24) is 14.9 Å². The molecule has 0 spiro atoms. The van der Waals surface area contributed by atoms with Crippen LogP contribution >= 0.6 is 15.9 Å². The monoisotopic (exact) mass is 443 g/mol. The number of hydrogen-bond acceptors (Lipinski definition) is 3. The zero-order valence-corrected chi connectivity index (χ0v) is 15.9. The zero-order valence-electron chi connectivity index (χ0n) is 14.3. The van der Waals surface area contributed by atoms with E-state index in [-0.39, 0.29) is 6.61 Å². The number of benzene rings is 1. The number of imidazole rings is 1. The highest BCUT2D eigenvalue weighted by atomic mass is 79.9. The molecule has 0 saturated heterocycles. The van der Waals surface area contributed by atoms with Gasteiger partial charge in [-0.25, -0.2) is 4.98 Å². The molecule has 1 N–H and O–H groups in total. The molecule has 0 saturated carbocycles. The molecule has 2 aliphatic rings. The molecule has 1 aromatic heterocycles. The maximum Gasteiger partial charge on any atom is 0.435 e. The molecule has 1 atom stereocenters. The van der Waals surface area contributed by atoms with Crippen LogP contribution in [0.4, 0.5) is 13.2 Å². The number of ether oxygens (including phenoxy) is 1. The average molecular weight is 444 g/mol. The van der Waals surface area contributed by atoms with E-state index in [4.69, 9.17) is 4.74 Å². The van der Waals surface area contributed by atoms with E-state index in [0.717, 1.165) is 22.9 Å². The van der Waals surface area contributed by atoms with Crippen LogP contribution < -0.4 is 10.1 Å². The summed E-state index contributed by atoms with van der Waals surface area (Å²) in [5, 5.41) is 2.71. The Balaban J connectivity index is 1.61. The Morgan fingerprint density at radius 2 is 2.15 bits per heavy atom. The van der Waals surface area contributed by atoms with Crippen LogP contribution in [0.5, 0.6) is 5.75 Å². The summed E-state index contributed by atoms with van der Waals surface area (Å²) in [4.78, 5) is 16.5. The highest BCUT2D eigenvalue weighted by Gasteiger charge is 2.42. The van der Waals surface area contributed by atoms with Crippen LogP contribution in [0.3, 0.4) is 0 Å². The summed E-state index contributed by atoms with van der Waals surface area (Å²) in [7, 11) is 0. The Morgan fingerprint density at radius 1 is 1.33 bits per heavy atom. The predicted molar refractivity (Wildman–Crippen MR) is 94.8 cm³/mol. The first-order chi connectivity index (χ1) is 12.8. The van der Waals surface area contributed by atoms with Crippen LogP contribution in [0.15, 0.2) is 22.7 Å². The number of hydrogen-bond donors (Lipinski definition) is 1. The van der Waals surface area contributed by atoms with Crippen LogP contribution in [0.25, 0.3) is 0 Å². The van der Waals surface area contributed by atoms with Crippen LogP contribution in [-0.4, -0.2) is 28.1 Å². The third-order valence-corrected chi connectivity index (χ3v) is 5.61. The third-order valence-electron chi connectivity index (χ3n) is 4.86. The summed E-state index contributed by atoms with van der Waals surface area (Å²) in [5.74, 6) is 0.284. The van der Waals surface area contributed by atoms with Crippen molar-refractivity contribution in [3.8, 4) is 5.75 Å². The molecule has 2 aromatic rings. The molecule has 1 unspecified atom stereocenters. The number of rotatable bonds is 2. The number of nitrogens with one attached hydrogen (secondary N) is 1. The molecular formula is C18H17BrF3N3O2. The summed E-state index contributed by atoms with van der Waals surface area (Å²) >= 11 is 3.45. The van der Waals surface area contributed by atoms with E-state index in [1.807, 2.05) is 18.2 Å². The number of amides is 1. The second kappa shape index (κ2) is 6.85. The fraction of sp³-hybridized carbons (Fsp3) is 0.444. The van der Waals surface area contributed by atoms with Crippen LogP contribution in [-0.2, 0) is 25.6 Å². The topological polar surface area (TPSA) is 56.1 Å². The van der Waals surface area contributed by atoms with Gasteiger partial charge in [0.15, 0.2) is 5.69 Å². The van der Waals surface area contributed by atoms with Gasteiger partial charge in [0.1, 0.15) is 23.9 Å². The number of halogens is 4. The largest absolute Gasteiger partial charge is 0.491 e. The van der Waals surface area contributed by atoms with Crippen molar-refractivity contribution in [2.45, 2.75) is 44.4 Å². The molecule has 3 heterocycles. The highest BCUT2D eigenvalue weighted by molar-refractivity contribution is 9.10. The Kier molecular flexibility index (Phi) is 4.65. The molecule has 0 radical (unpaired) electrons. The molecule has 0 fully saturated rings. The first-order valence-electron chi connectivity index (χ1n) is 8.72. The smallest absolute Gasteiger partial charge is 0.435 e. The number of aromatic nitrogens is 2. The first kappa shape index (κ1) is 18.3. The molecule has 1 amide bonds. The van der Waals surface area contributed by atoms with Crippen molar-refractivity contribution in [2.24, 2.45) is 0 Å². The minimum atomic E-state index is -4.67. The fourth-order valence-electron chi connectivity index (χ4n) is 3.63. The molecule has 144 valence electrons. The zero-order chi connectivity index (χ0) is 19.2. The molecule has 5 nitrogen and oxygen atoms in total. The van der Waals surface area contributed by atoms with Gasteiger partial charge in [0, 0.05) is 29.4 Å². The Bertz CT molecular complexity index is 895. The lowest BCUT2D eigenvalue weighted by molar-refractivity contribution is -0.141. The number of fused-ring (bicyclic) bond motifs is 2. The lowest BCUT2D eigenvalue weighted by Crippen LogP contribution is -2.44. The number of aryl methyl sites for hydroxylation is 1. The van der Waals surface area contributed by atoms with Gasteiger partial charge >= 0.3 is 6.18 Å². The van der Waals surface area contributed by atoms with E-state index < -0.39 is 29.5 Å². The standard InChI is InChI=1S/C18H17BrF3N3O2/c19-12-4-3-5-13-11(12)8-10(9-27-13)23-17(26)15-16(18(20,21)22)24-14-6-1-2-7-25(14)15/h3-5,10H,1-2,6-9H2,(H,23,26). The Labute approximate surface area is 162 Å². The van der Waals surface area contributed by atoms with Crippen molar-refractivity contribution in [2.75, 3.05) is 6.61 Å². The van der Waals surface area contributed by atoms with Crippen LogP contribution in [0, 0.1) is 0 Å². The molecule has 9 heteroatoms. The van der Waals surface area contributed by atoms with Crippen LogP contribution in [0.2, 0.25) is 0 Å². The van der Waals surface area contributed by atoms with Gasteiger partial charge in [0.25, 0.3) is 5.91 Å². The molecule has 2 aliphatic heterocycles. The second-order valence-corrected chi connectivity index (χ2v) is 7.59. The molecule has 0 bridgehead atoms. The fourth-order valence-corrected chi connectivity index (χ4v) is 4.14. The third kappa shape index (κ3) is 3.44. The van der Waals surface area contributed by atoms with Crippen LogP contribution in [0.1, 0.15) is 40.4 Å². The highest BCUT2D eigenvalue weighted by Crippen LogP contribution is 2.34. The van der Waals surface area contributed by atoms with Gasteiger partial charge in [-0.3, -0.25) is 4.79 Å². The van der Waals surface area contributed by atoms with Gasteiger partial charge in [0.05, 0.1) is 6.04 Å². The van der Waals surface area contributed by atoms with E-state index in [9.17, 15) is 18.0 Å². The van der Waals surface area contributed by atoms with E-state index in [2.05, 4.69) is 26.2 Å². The lowest BCUT2D eigenvalue weighted by atomic mass is 10.0. The lowest BCUT2D eigenvalue weighted by Gasteiger charge is -2.27. The minimum Gasteiger partial charge on any atom is -0.491 e. The van der Waals surface area contributed by atoms with Gasteiger partial charge in [0.2, 0.25) is 0 Å². The van der Waals surface area contributed by atoms with E-state index >= 15 is 0 Å². The average Bonchev–Trinajstić information content (AvgIpc) is 3.02. The first-order valence-corrected chi connectivity index (χ1v) is 9.51. The van der Waals surface area contributed by atoms with Gasteiger partial charge in [-0.15, -0.1) is 0 Å². The molecular weight excluding hydrogens is 427 g/mol. The SMILES string of the molecule is O=C(NC1COc2cccc(Br)c2C1)c1c(C(F)(F)F)nc2n1CCCC2. The van der Waals surface area contributed by atoms with Crippen molar-refractivity contribution in [3.63, 3.8) is 0 Å². The van der Waals surface area contributed by atoms with Crippen molar-refractivity contribution >= 4 is 21.8 Å². The van der Waals surface area contributed by atoms with Gasteiger partial charge < -0.3 is 14.6 Å². The van der Waals surface area contributed by atoms with Crippen molar-refractivity contribution < 1.29 is 22.7 Å². The summed E-state index contributed by atoms with van der Waals surface area (Å²) in [6.45, 7) is 0.578. The summed E-state index contributed by atoms with van der Waals surface area (Å²) in [6.07, 6.45) is -2.24. The number of nitrogens with zero attached hydrogens (tertiary/aromatic N) is 2. The van der Waals surface area contributed by atoms with E-state index in [1.54, 1.807) is 0 Å². The maximum atomic E-state index is 13.4. The molecule has 1 aromatic carbocycles. The summed E-state index contributed by atoms with van der Waals surface area (Å²) in [5.41, 5.74) is -0.606. The Hall–Kier alpha value is -2.03. The van der Waals surface area contributed by atoms with Gasteiger partial charge in [-0.2, -0.15) is 13.2 Å².